The molecule has 1 saturated carbocycles. The molecule has 1 heterocycles. The summed E-state index contributed by atoms with van der Waals surface area (Å²) in [5.41, 5.74) is 0. The second-order valence-corrected chi connectivity index (χ2v) is 5.38. The fourth-order valence-corrected chi connectivity index (χ4v) is 3.23. The maximum absolute atomic E-state index is 4.63. The molecule has 4 heteroatoms. The molecule has 0 radical (unpaired) electrons. The average molecular weight is 351 g/mol. The van der Waals surface area contributed by atoms with Crippen molar-refractivity contribution in [1.29, 1.82) is 0 Å². The normalized spacial score (nSPS) is 28.6. The van der Waals surface area contributed by atoms with Crippen LogP contribution >= 0.6 is 24.0 Å². The second kappa shape index (κ2) is 6.81. The summed E-state index contributed by atoms with van der Waals surface area (Å²) in [5.74, 6) is 3.07. The van der Waals surface area contributed by atoms with Gasteiger partial charge in [0.15, 0.2) is 5.96 Å². The number of aliphatic imine (C=N–C) groups is 1. The van der Waals surface area contributed by atoms with E-state index in [9.17, 15) is 0 Å². The van der Waals surface area contributed by atoms with Crippen molar-refractivity contribution in [1.82, 2.24) is 9.80 Å². The number of hydrogen-bond acceptors (Lipinski definition) is 1. The first-order valence-electron chi connectivity index (χ1n) is 6.69. The first kappa shape index (κ1) is 15.1. The van der Waals surface area contributed by atoms with Crippen molar-refractivity contribution in [2.75, 3.05) is 33.7 Å². The number of halogens is 1. The molecule has 0 spiro atoms. The number of nitrogens with zero attached hydrogens (tertiary/aromatic N) is 3. The molecule has 2 fully saturated rings. The van der Waals surface area contributed by atoms with Gasteiger partial charge in [0.1, 0.15) is 0 Å². The number of hydrogen-bond donors (Lipinski definition) is 0. The Hall–Kier alpha value is 0. The molecule has 0 amide bonds. The van der Waals surface area contributed by atoms with Gasteiger partial charge in [0.25, 0.3) is 0 Å². The molecule has 2 unspecified atom stereocenters. The van der Waals surface area contributed by atoms with Crippen LogP contribution in [0, 0.1) is 11.8 Å². The topological polar surface area (TPSA) is 18.8 Å². The molecular weight excluding hydrogens is 325 g/mol. The van der Waals surface area contributed by atoms with Crippen LogP contribution < -0.4 is 0 Å². The monoisotopic (exact) mass is 351 g/mol. The Kier molecular flexibility index (Phi) is 6.03. The standard InChI is InChI=1S/C13H25N3.HI/c1-4-14-13(15(2)3)16-9-11-7-5-6-8-12(11)10-16;/h11-12H,4-10H2,1-3H3;1H. The first-order chi connectivity index (χ1) is 7.72. The highest BCUT2D eigenvalue weighted by molar-refractivity contribution is 14.0. The zero-order valence-electron chi connectivity index (χ0n) is 11.4. The van der Waals surface area contributed by atoms with Crippen LogP contribution in [0.25, 0.3) is 0 Å². The van der Waals surface area contributed by atoms with Gasteiger partial charge in [-0.05, 0) is 31.6 Å². The molecular formula is C13H26IN3. The van der Waals surface area contributed by atoms with Gasteiger partial charge in [-0.3, -0.25) is 4.99 Å². The summed E-state index contributed by atoms with van der Waals surface area (Å²) < 4.78 is 0. The maximum Gasteiger partial charge on any atom is 0.196 e. The zero-order valence-corrected chi connectivity index (χ0v) is 13.7. The predicted octanol–water partition coefficient (Wildman–Crippen LogP) is 2.66. The third-order valence-electron chi connectivity index (χ3n) is 3.96. The molecule has 3 nitrogen and oxygen atoms in total. The Morgan fingerprint density at radius 2 is 1.71 bits per heavy atom. The van der Waals surface area contributed by atoms with Crippen LogP contribution in [0.1, 0.15) is 32.6 Å². The van der Waals surface area contributed by atoms with Crippen LogP contribution in [0.4, 0.5) is 0 Å². The van der Waals surface area contributed by atoms with Gasteiger partial charge in [-0.1, -0.05) is 12.8 Å². The van der Waals surface area contributed by atoms with Crippen LogP contribution in [0.3, 0.4) is 0 Å². The summed E-state index contributed by atoms with van der Waals surface area (Å²) in [6.07, 6.45) is 5.76. The fraction of sp³-hybridized carbons (Fsp3) is 0.923. The third kappa shape index (κ3) is 3.48. The van der Waals surface area contributed by atoms with E-state index in [0.717, 1.165) is 18.4 Å². The Morgan fingerprint density at radius 1 is 1.18 bits per heavy atom. The summed E-state index contributed by atoms with van der Waals surface area (Å²) in [6, 6.07) is 0. The van der Waals surface area contributed by atoms with Crippen LogP contribution in [0.5, 0.6) is 0 Å². The van der Waals surface area contributed by atoms with Gasteiger partial charge in [0.2, 0.25) is 0 Å². The minimum atomic E-state index is 0. The van der Waals surface area contributed by atoms with Gasteiger partial charge in [-0.15, -0.1) is 24.0 Å². The minimum absolute atomic E-state index is 0. The summed E-state index contributed by atoms with van der Waals surface area (Å²) in [4.78, 5) is 9.30. The predicted molar refractivity (Wildman–Crippen MR) is 84.1 cm³/mol. The van der Waals surface area contributed by atoms with Gasteiger partial charge >= 0.3 is 0 Å². The SMILES string of the molecule is CCN=C(N(C)C)N1CC2CCCCC2C1.I. The molecule has 0 aromatic rings. The smallest absolute Gasteiger partial charge is 0.196 e. The molecule has 17 heavy (non-hydrogen) atoms. The molecule has 0 aromatic heterocycles. The van der Waals surface area contributed by atoms with Crippen molar-refractivity contribution in [3.05, 3.63) is 0 Å². The maximum atomic E-state index is 4.63. The van der Waals surface area contributed by atoms with Crippen LogP contribution in [0.15, 0.2) is 4.99 Å². The highest BCUT2D eigenvalue weighted by Crippen LogP contribution is 2.36. The third-order valence-corrected chi connectivity index (χ3v) is 3.96. The molecule has 2 atom stereocenters. The lowest BCUT2D eigenvalue weighted by atomic mass is 9.82. The van der Waals surface area contributed by atoms with Gasteiger partial charge in [-0.2, -0.15) is 0 Å². The highest BCUT2D eigenvalue weighted by Gasteiger charge is 2.35. The molecule has 1 aliphatic heterocycles. The number of likely N-dealkylation sites (tertiary alicyclic amines) is 1. The highest BCUT2D eigenvalue weighted by atomic mass is 127. The van der Waals surface area contributed by atoms with Gasteiger partial charge in [0, 0.05) is 33.7 Å². The van der Waals surface area contributed by atoms with Gasteiger partial charge < -0.3 is 9.80 Å². The van der Waals surface area contributed by atoms with E-state index in [1.165, 1.54) is 44.7 Å². The first-order valence-corrected chi connectivity index (χ1v) is 6.69. The van der Waals surface area contributed by atoms with E-state index in [1.54, 1.807) is 0 Å². The summed E-state index contributed by atoms with van der Waals surface area (Å²) >= 11 is 0. The number of rotatable bonds is 1. The van der Waals surface area contributed by atoms with E-state index in [1.807, 2.05) is 0 Å². The largest absolute Gasteiger partial charge is 0.349 e. The molecule has 0 aromatic carbocycles. The van der Waals surface area contributed by atoms with E-state index < -0.39 is 0 Å². The van der Waals surface area contributed by atoms with Crippen LogP contribution in [-0.2, 0) is 0 Å². The van der Waals surface area contributed by atoms with Crippen molar-refractivity contribution in [2.45, 2.75) is 32.6 Å². The molecule has 2 rings (SSSR count). The van der Waals surface area contributed by atoms with E-state index >= 15 is 0 Å². The van der Waals surface area contributed by atoms with Crippen molar-refractivity contribution in [3.63, 3.8) is 0 Å². The summed E-state index contributed by atoms with van der Waals surface area (Å²) in [7, 11) is 4.22. The van der Waals surface area contributed by atoms with Crippen molar-refractivity contribution in [3.8, 4) is 0 Å². The van der Waals surface area contributed by atoms with E-state index in [-0.39, 0.29) is 24.0 Å². The van der Waals surface area contributed by atoms with Crippen LogP contribution in [0.2, 0.25) is 0 Å². The van der Waals surface area contributed by atoms with Crippen molar-refractivity contribution < 1.29 is 0 Å². The van der Waals surface area contributed by atoms with Gasteiger partial charge in [-0.25, -0.2) is 0 Å². The Labute approximate surface area is 123 Å². The summed E-state index contributed by atoms with van der Waals surface area (Å²) in [5, 5.41) is 0. The van der Waals surface area contributed by atoms with E-state index in [0.29, 0.717) is 0 Å². The minimum Gasteiger partial charge on any atom is -0.349 e. The van der Waals surface area contributed by atoms with E-state index in [2.05, 4.69) is 35.8 Å². The van der Waals surface area contributed by atoms with Gasteiger partial charge in [0.05, 0.1) is 0 Å². The fourth-order valence-electron chi connectivity index (χ4n) is 3.23. The van der Waals surface area contributed by atoms with Crippen molar-refractivity contribution >= 4 is 29.9 Å². The van der Waals surface area contributed by atoms with Crippen LogP contribution in [-0.4, -0.2) is 49.5 Å². The Bertz CT molecular complexity index is 251. The molecule has 100 valence electrons. The molecule has 0 bridgehead atoms. The quantitative estimate of drug-likeness (QED) is 0.411. The average Bonchev–Trinajstić information content (AvgIpc) is 2.68. The van der Waals surface area contributed by atoms with Crippen molar-refractivity contribution in [2.24, 2.45) is 16.8 Å². The lowest BCUT2D eigenvalue weighted by Gasteiger charge is -2.26. The zero-order chi connectivity index (χ0) is 11.5. The molecule has 2 aliphatic rings. The molecule has 0 N–H and O–H groups in total. The lowest BCUT2D eigenvalue weighted by molar-refractivity contribution is 0.299. The second-order valence-electron chi connectivity index (χ2n) is 5.38. The van der Waals surface area contributed by atoms with E-state index in [4.69, 9.17) is 0 Å². The number of guanidine groups is 1. The number of fused-ring (bicyclic) bond motifs is 1. The molecule has 1 aliphatic carbocycles. The lowest BCUT2D eigenvalue weighted by Crippen LogP contribution is -2.39. The summed E-state index contributed by atoms with van der Waals surface area (Å²) in [6.45, 7) is 5.48. The Morgan fingerprint density at radius 3 is 2.12 bits per heavy atom. The Balaban J connectivity index is 0.00000144. The molecule has 1 saturated heterocycles.